The Hall–Kier alpha value is -1.77. The Balaban J connectivity index is 1.19. The van der Waals surface area contributed by atoms with Gasteiger partial charge in [0.1, 0.15) is 12.7 Å². The van der Waals surface area contributed by atoms with Crippen molar-refractivity contribution in [2.24, 2.45) is 46.3 Å². The third-order valence-corrected chi connectivity index (χ3v) is 11.7. The second-order valence-electron chi connectivity index (χ2n) is 14.3. The first-order valence-electron chi connectivity index (χ1n) is 15.8. The highest BCUT2D eigenvalue weighted by atomic mass is 16.7. The molecule has 3 saturated carbocycles. The van der Waals surface area contributed by atoms with Crippen LogP contribution in [-0.2, 0) is 16.1 Å². The molecular weight excluding hydrogens is 468 g/mol. The van der Waals surface area contributed by atoms with Crippen molar-refractivity contribution in [1.29, 1.82) is 0 Å². The first kappa shape index (κ1) is 27.8. The fraction of sp³-hybridized carbons (Fsp3) is 0.743. The molecule has 4 aliphatic rings. The minimum Gasteiger partial charge on any atom is -0.431 e. The molecule has 0 N–H and O–H groups in total. The van der Waals surface area contributed by atoms with Gasteiger partial charge in [-0.3, -0.25) is 0 Å². The second kappa shape index (κ2) is 11.4. The maximum Gasteiger partial charge on any atom is 0.508 e. The highest BCUT2D eigenvalue weighted by Gasteiger charge is 2.59. The molecule has 0 heterocycles. The molecule has 0 aromatic heterocycles. The summed E-state index contributed by atoms with van der Waals surface area (Å²) < 4.78 is 11.2. The van der Waals surface area contributed by atoms with E-state index in [1.54, 1.807) is 5.57 Å². The van der Waals surface area contributed by atoms with E-state index in [0.717, 1.165) is 60.3 Å². The van der Waals surface area contributed by atoms with Gasteiger partial charge in [0.05, 0.1) is 0 Å². The predicted molar refractivity (Wildman–Crippen MR) is 155 cm³/mol. The summed E-state index contributed by atoms with van der Waals surface area (Å²) in [5, 5.41) is 0. The predicted octanol–water partition coefficient (Wildman–Crippen LogP) is 9.75. The normalized spacial score (nSPS) is 37.0. The number of fused-ring (bicyclic) bond motifs is 5. The molecule has 8 atom stereocenters. The van der Waals surface area contributed by atoms with Crippen molar-refractivity contribution >= 4 is 6.16 Å². The summed E-state index contributed by atoms with van der Waals surface area (Å²) in [5.41, 5.74) is 3.36. The molecule has 4 aliphatic carbocycles. The van der Waals surface area contributed by atoms with Crippen molar-refractivity contribution in [3.8, 4) is 0 Å². The van der Waals surface area contributed by atoms with Crippen LogP contribution in [0.1, 0.15) is 111 Å². The highest BCUT2D eigenvalue weighted by Crippen LogP contribution is 2.67. The largest absolute Gasteiger partial charge is 0.508 e. The topological polar surface area (TPSA) is 35.5 Å². The van der Waals surface area contributed by atoms with Crippen molar-refractivity contribution in [3.63, 3.8) is 0 Å². The van der Waals surface area contributed by atoms with E-state index in [-0.39, 0.29) is 18.1 Å². The third-order valence-electron chi connectivity index (χ3n) is 11.7. The summed E-state index contributed by atoms with van der Waals surface area (Å²) in [6.45, 7) is 12.8. The minimum absolute atomic E-state index is 0.0504. The van der Waals surface area contributed by atoms with Gasteiger partial charge >= 0.3 is 6.16 Å². The molecule has 3 heteroatoms. The van der Waals surface area contributed by atoms with Gasteiger partial charge in [-0.2, -0.15) is 0 Å². The number of allylic oxidation sites excluding steroid dienone is 1. The maximum atomic E-state index is 12.4. The molecule has 3 fully saturated rings. The second-order valence-corrected chi connectivity index (χ2v) is 14.3. The van der Waals surface area contributed by atoms with Crippen LogP contribution in [0, 0.1) is 46.3 Å². The molecule has 0 radical (unpaired) electrons. The van der Waals surface area contributed by atoms with Crippen LogP contribution in [0.4, 0.5) is 4.79 Å². The number of ether oxygens (including phenoxy) is 2. The lowest BCUT2D eigenvalue weighted by atomic mass is 9.47. The van der Waals surface area contributed by atoms with E-state index in [1.165, 1.54) is 51.4 Å². The van der Waals surface area contributed by atoms with Gasteiger partial charge in [0.2, 0.25) is 0 Å². The fourth-order valence-corrected chi connectivity index (χ4v) is 9.64. The van der Waals surface area contributed by atoms with Crippen molar-refractivity contribution < 1.29 is 14.3 Å². The van der Waals surface area contributed by atoms with Crippen LogP contribution >= 0.6 is 0 Å². The monoisotopic (exact) mass is 520 g/mol. The Bertz CT molecular complexity index is 982. The standard InChI is InChI=1S/C35H52O3/c1-24(2)10-9-11-25(3)30-16-17-31-29-15-14-27-22-28(38-33(36)37-23-26-12-7-6-8-13-26)18-20-34(27,4)32(29)19-21-35(30,31)5/h6-8,12-14,24-25,28-32H,9-11,15-23H2,1-5H3/t25-,28+,29-,30-,31-,32+,34+,35-/m1/s1. The lowest BCUT2D eigenvalue weighted by Crippen LogP contribution is -2.51. The van der Waals surface area contributed by atoms with Crippen LogP contribution < -0.4 is 0 Å². The Kier molecular flexibility index (Phi) is 8.32. The van der Waals surface area contributed by atoms with E-state index in [9.17, 15) is 4.79 Å². The van der Waals surface area contributed by atoms with Gasteiger partial charge in [0.15, 0.2) is 0 Å². The molecular formula is C35H52O3. The first-order chi connectivity index (χ1) is 18.2. The van der Waals surface area contributed by atoms with E-state index in [0.29, 0.717) is 5.41 Å². The van der Waals surface area contributed by atoms with Crippen LogP contribution in [0.15, 0.2) is 42.0 Å². The molecule has 0 bridgehead atoms. The third kappa shape index (κ3) is 5.46. The Labute approximate surface area is 232 Å². The fourth-order valence-electron chi connectivity index (χ4n) is 9.64. The van der Waals surface area contributed by atoms with Gasteiger partial charge in [-0.25, -0.2) is 4.79 Å². The summed E-state index contributed by atoms with van der Waals surface area (Å²) in [7, 11) is 0. The average Bonchev–Trinajstić information content (AvgIpc) is 3.25. The molecule has 0 saturated heterocycles. The van der Waals surface area contributed by atoms with Crippen LogP contribution in [-0.4, -0.2) is 12.3 Å². The zero-order valence-corrected chi connectivity index (χ0v) is 24.7. The Morgan fingerprint density at radius 3 is 2.53 bits per heavy atom. The van der Waals surface area contributed by atoms with E-state index in [1.807, 2.05) is 30.3 Å². The molecule has 0 unspecified atom stereocenters. The van der Waals surface area contributed by atoms with E-state index in [2.05, 4.69) is 40.7 Å². The van der Waals surface area contributed by atoms with E-state index >= 15 is 0 Å². The summed E-state index contributed by atoms with van der Waals surface area (Å²) in [4.78, 5) is 12.4. The van der Waals surface area contributed by atoms with Gasteiger partial charge in [-0.05, 0) is 96.8 Å². The van der Waals surface area contributed by atoms with Crippen LogP contribution in [0.3, 0.4) is 0 Å². The smallest absolute Gasteiger partial charge is 0.431 e. The van der Waals surface area contributed by atoms with Crippen LogP contribution in [0.2, 0.25) is 0 Å². The van der Waals surface area contributed by atoms with Gasteiger partial charge in [-0.15, -0.1) is 0 Å². The molecule has 38 heavy (non-hydrogen) atoms. The molecule has 0 spiro atoms. The SMILES string of the molecule is CC(C)CCC[C@@H](C)[C@H]1CC[C@@H]2[C@H]3CC=C4C[C@@H](OC(=O)OCc5ccccc5)CC[C@]4(C)[C@H]3CC[C@@]21C. The number of carbonyl (C=O) groups excluding carboxylic acids is 1. The van der Waals surface area contributed by atoms with E-state index < -0.39 is 6.16 Å². The summed E-state index contributed by atoms with van der Waals surface area (Å²) in [6, 6.07) is 9.83. The Morgan fingerprint density at radius 2 is 1.76 bits per heavy atom. The molecule has 210 valence electrons. The lowest BCUT2D eigenvalue weighted by Gasteiger charge is -2.58. The molecule has 1 aromatic rings. The summed E-state index contributed by atoms with van der Waals surface area (Å²) in [6.07, 6.45) is 16.1. The van der Waals surface area contributed by atoms with Crippen molar-refractivity contribution in [1.82, 2.24) is 0 Å². The van der Waals surface area contributed by atoms with Crippen molar-refractivity contribution in [2.75, 3.05) is 0 Å². The number of carbonyl (C=O) groups is 1. The maximum absolute atomic E-state index is 12.4. The molecule has 3 nitrogen and oxygen atoms in total. The average molecular weight is 521 g/mol. The van der Waals surface area contributed by atoms with Crippen LogP contribution in [0.25, 0.3) is 0 Å². The summed E-state index contributed by atoms with van der Waals surface area (Å²) >= 11 is 0. The molecule has 0 amide bonds. The van der Waals surface area contributed by atoms with Crippen molar-refractivity contribution in [2.45, 2.75) is 118 Å². The van der Waals surface area contributed by atoms with E-state index in [4.69, 9.17) is 9.47 Å². The zero-order valence-electron chi connectivity index (χ0n) is 24.7. The van der Waals surface area contributed by atoms with Gasteiger partial charge in [-0.1, -0.05) is 95.9 Å². The summed E-state index contributed by atoms with van der Waals surface area (Å²) in [5.74, 6) is 5.11. The highest BCUT2D eigenvalue weighted by molar-refractivity contribution is 5.60. The molecule has 1 aromatic carbocycles. The minimum atomic E-state index is -0.523. The quantitative estimate of drug-likeness (QED) is 0.253. The number of benzene rings is 1. The molecule has 5 rings (SSSR count). The molecule has 0 aliphatic heterocycles. The van der Waals surface area contributed by atoms with Gasteiger partial charge in [0.25, 0.3) is 0 Å². The number of rotatable bonds is 8. The lowest BCUT2D eigenvalue weighted by molar-refractivity contribution is -0.0620. The number of hydrogen-bond donors (Lipinski definition) is 0. The first-order valence-corrected chi connectivity index (χ1v) is 15.8. The number of hydrogen-bond acceptors (Lipinski definition) is 3. The van der Waals surface area contributed by atoms with Crippen LogP contribution in [0.5, 0.6) is 0 Å². The zero-order chi connectivity index (χ0) is 26.9. The Morgan fingerprint density at radius 1 is 0.974 bits per heavy atom. The van der Waals surface area contributed by atoms with Crippen molar-refractivity contribution in [3.05, 3.63) is 47.5 Å². The van der Waals surface area contributed by atoms with Gasteiger partial charge in [0, 0.05) is 6.42 Å². The van der Waals surface area contributed by atoms with Gasteiger partial charge < -0.3 is 9.47 Å².